The van der Waals surface area contributed by atoms with E-state index < -0.39 is 0 Å². The minimum atomic E-state index is 0.0197. The summed E-state index contributed by atoms with van der Waals surface area (Å²) >= 11 is 1.65. The zero-order valence-electron chi connectivity index (χ0n) is 15.0. The molecule has 27 heavy (non-hydrogen) atoms. The van der Waals surface area contributed by atoms with Crippen molar-refractivity contribution in [1.29, 1.82) is 0 Å². The molecule has 0 saturated carbocycles. The summed E-state index contributed by atoms with van der Waals surface area (Å²) in [5.41, 5.74) is 3.06. The van der Waals surface area contributed by atoms with Gasteiger partial charge < -0.3 is 9.64 Å². The average molecular weight is 379 g/mol. The van der Waals surface area contributed by atoms with Gasteiger partial charge in [0.2, 0.25) is 5.91 Å². The molecule has 1 aliphatic rings. The van der Waals surface area contributed by atoms with Crippen molar-refractivity contribution in [2.75, 3.05) is 26.3 Å². The van der Waals surface area contributed by atoms with E-state index in [1.165, 1.54) is 5.56 Å². The van der Waals surface area contributed by atoms with Crippen LogP contribution in [0, 0.1) is 0 Å². The lowest BCUT2D eigenvalue weighted by molar-refractivity contribution is -0.129. The zero-order valence-corrected chi connectivity index (χ0v) is 15.8. The number of nitrogens with zero attached hydrogens (tertiary/aromatic N) is 3. The van der Waals surface area contributed by atoms with Gasteiger partial charge >= 0.3 is 0 Å². The quantitative estimate of drug-likeness (QED) is 0.637. The number of carbonyl (C=O) groups excluding carboxylic acids is 1. The third kappa shape index (κ3) is 4.35. The van der Waals surface area contributed by atoms with Crippen LogP contribution < -0.4 is 0 Å². The second-order valence-corrected chi connectivity index (χ2v) is 7.31. The third-order valence-electron chi connectivity index (χ3n) is 4.46. The zero-order chi connectivity index (χ0) is 18.5. The van der Waals surface area contributed by atoms with Gasteiger partial charge in [0.25, 0.3) is 0 Å². The Labute approximate surface area is 162 Å². The van der Waals surface area contributed by atoms with E-state index in [-0.39, 0.29) is 5.91 Å². The van der Waals surface area contributed by atoms with Gasteiger partial charge in [-0.2, -0.15) is 5.10 Å². The van der Waals surface area contributed by atoms with E-state index >= 15 is 0 Å². The fourth-order valence-electron chi connectivity index (χ4n) is 3.07. The minimum Gasteiger partial charge on any atom is -0.378 e. The largest absolute Gasteiger partial charge is 0.378 e. The van der Waals surface area contributed by atoms with E-state index in [0.29, 0.717) is 32.8 Å². The van der Waals surface area contributed by atoms with Crippen LogP contribution in [-0.2, 0) is 16.1 Å². The highest BCUT2D eigenvalue weighted by Gasteiger charge is 2.15. The molecule has 2 aromatic heterocycles. The van der Waals surface area contributed by atoms with E-state index in [1.807, 2.05) is 51.5 Å². The van der Waals surface area contributed by atoms with Gasteiger partial charge in [-0.3, -0.25) is 9.48 Å². The predicted octanol–water partition coefficient (Wildman–Crippen LogP) is 3.53. The Bertz CT molecular complexity index is 910. The first-order valence-electron chi connectivity index (χ1n) is 8.99. The maximum atomic E-state index is 12.4. The minimum absolute atomic E-state index is 0.0197. The second-order valence-electron chi connectivity index (χ2n) is 6.36. The van der Waals surface area contributed by atoms with Crippen molar-refractivity contribution in [3.05, 3.63) is 71.2 Å². The van der Waals surface area contributed by atoms with Gasteiger partial charge in [0, 0.05) is 30.9 Å². The van der Waals surface area contributed by atoms with Crippen molar-refractivity contribution in [3.8, 4) is 10.6 Å². The highest BCUT2D eigenvalue weighted by molar-refractivity contribution is 7.13. The maximum Gasteiger partial charge on any atom is 0.246 e. The monoisotopic (exact) mass is 379 g/mol. The Morgan fingerprint density at radius 2 is 1.96 bits per heavy atom. The summed E-state index contributed by atoms with van der Waals surface area (Å²) in [7, 11) is 0. The summed E-state index contributed by atoms with van der Waals surface area (Å²) < 4.78 is 7.24. The van der Waals surface area contributed by atoms with E-state index in [2.05, 4.69) is 18.2 Å². The summed E-state index contributed by atoms with van der Waals surface area (Å²) in [6, 6.07) is 14.3. The Balaban J connectivity index is 1.58. The number of aromatic nitrogens is 2. The molecule has 0 bridgehead atoms. The molecule has 0 radical (unpaired) electrons. The lowest BCUT2D eigenvalue weighted by Gasteiger charge is -2.25. The molecule has 6 heteroatoms. The number of hydrogen-bond donors (Lipinski definition) is 0. The standard InChI is InChI=1S/C21H21N3O2S/c25-20(23-10-12-26-13-11-23)9-8-18-16-24(15-17-5-2-1-3-6-17)22-21(18)19-7-4-14-27-19/h1-9,14,16H,10-13,15H2. The van der Waals surface area contributed by atoms with Crippen molar-refractivity contribution in [3.63, 3.8) is 0 Å². The summed E-state index contributed by atoms with van der Waals surface area (Å²) in [6.45, 7) is 3.21. The molecule has 1 amide bonds. The number of ether oxygens (including phenoxy) is 1. The SMILES string of the molecule is O=C(C=Cc1cn(Cc2ccccc2)nc1-c1cccs1)N1CCOCC1. The van der Waals surface area contributed by atoms with Crippen LogP contribution >= 0.6 is 11.3 Å². The van der Waals surface area contributed by atoms with Gasteiger partial charge in [0.1, 0.15) is 5.69 Å². The van der Waals surface area contributed by atoms with Crippen molar-refractivity contribution in [1.82, 2.24) is 14.7 Å². The number of hydrogen-bond acceptors (Lipinski definition) is 4. The second kappa shape index (κ2) is 8.33. The van der Waals surface area contributed by atoms with Gasteiger partial charge in [0.15, 0.2) is 0 Å². The fourth-order valence-corrected chi connectivity index (χ4v) is 3.80. The lowest BCUT2D eigenvalue weighted by atomic mass is 10.2. The van der Waals surface area contributed by atoms with Crippen LogP contribution in [0.2, 0.25) is 0 Å². The molecule has 0 spiro atoms. The molecule has 1 fully saturated rings. The number of benzene rings is 1. The van der Waals surface area contributed by atoms with E-state index in [4.69, 9.17) is 9.84 Å². The number of thiophene rings is 1. The van der Waals surface area contributed by atoms with Crippen LogP contribution in [0.3, 0.4) is 0 Å². The smallest absolute Gasteiger partial charge is 0.246 e. The van der Waals surface area contributed by atoms with Crippen LogP contribution in [0.5, 0.6) is 0 Å². The van der Waals surface area contributed by atoms with Crippen LogP contribution in [0.25, 0.3) is 16.6 Å². The molecular weight excluding hydrogens is 358 g/mol. The molecule has 5 nitrogen and oxygen atoms in total. The highest BCUT2D eigenvalue weighted by atomic mass is 32.1. The number of amides is 1. The summed E-state index contributed by atoms with van der Waals surface area (Å²) in [5, 5.41) is 6.81. The normalized spacial score (nSPS) is 14.7. The van der Waals surface area contributed by atoms with E-state index in [0.717, 1.165) is 16.1 Å². The predicted molar refractivity (Wildman–Crippen MR) is 108 cm³/mol. The lowest BCUT2D eigenvalue weighted by Crippen LogP contribution is -2.39. The van der Waals surface area contributed by atoms with E-state index in [9.17, 15) is 4.79 Å². The molecule has 0 N–H and O–H groups in total. The first-order chi connectivity index (χ1) is 13.3. The first-order valence-corrected chi connectivity index (χ1v) is 9.87. The van der Waals surface area contributed by atoms with Crippen LogP contribution in [0.15, 0.2) is 60.1 Å². The van der Waals surface area contributed by atoms with Crippen LogP contribution in [-0.4, -0.2) is 46.9 Å². The van der Waals surface area contributed by atoms with E-state index in [1.54, 1.807) is 17.4 Å². The van der Waals surface area contributed by atoms with Crippen molar-refractivity contribution < 1.29 is 9.53 Å². The molecule has 0 atom stereocenters. The Morgan fingerprint density at radius 3 is 2.70 bits per heavy atom. The average Bonchev–Trinajstić information content (AvgIpc) is 3.37. The molecule has 1 aromatic carbocycles. The topological polar surface area (TPSA) is 47.4 Å². The number of rotatable bonds is 5. The molecule has 1 saturated heterocycles. The molecule has 0 unspecified atom stereocenters. The van der Waals surface area contributed by atoms with Gasteiger partial charge in [-0.25, -0.2) is 0 Å². The van der Waals surface area contributed by atoms with Crippen molar-refractivity contribution in [2.24, 2.45) is 0 Å². The molecule has 4 rings (SSSR count). The summed E-state index contributed by atoms with van der Waals surface area (Å²) in [6.07, 6.45) is 5.53. The van der Waals surface area contributed by atoms with Crippen molar-refractivity contribution >= 4 is 23.3 Å². The molecule has 1 aliphatic heterocycles. The first kappa shape index (κ1) is 17.7. The van der Waals surface area contributed by atoms with Gasteiger partial charge in [-0.05, 0) is 23.1 Å². The van der Waals surface area contributed by atoms with Crippen LogP contribution in [0.1, 0.15) is 11.1 Å². The van der Waals surface area contributed by atoms with Gasteiger partial charge in [-0.15, -0.1) is 11.3 Å². The third-order valence-corrected chi connectivity index (χ3v) is 5.34. The molecule has 3 heterocycles. The Hall–Kier alpha value is -2.70. The van der Waals surface area contributed by atoms with Gasteiger partial charge in [-0.1, -0.05) is 36.4 Å². The number of carbonyl (C=O) groups is 1. The fraction of sp³-hybridized carbons (Fsp3) is 0.238. The number of morpholine rings is 1. The Kier molecular flexibility index (Phi) is 5.46. The molecule has 138 valence electrons. The molecule has 3 aromatic rings. The van der Waals surface area contributed by atoms with Crippen LogP contribution in [0.4, 0.5) is 0 Å². The molecule has 0 aliphatic carbocycles. The maximum absolute atomic E-state index is 12.4. The summed E-state index contributed by atoms with van der Waals surface area (Å²) in [5.74, 6) is 0.0197. The summed E-state index contributed by atoms with van der Waals surface area (Å²) in [4.78, 5) is 15.3. The van der Waals surface area contributed by atoms with Gasteiger partial charge in [0.05, 0.1) is 24.6 Å². The Morgan fingerprint density at radius 1 is 1.15 bits per heavy atom. The molecular formula is C21H21N3O2S. The van der Waals surface area contributed by atoms with Crippen molar-refractivity contribution in [2.45, 2.75) is 6.54 Å². The highest BCUT2D eigenvalue weighted by Crippen LogP contribution is 2.27.